The van der Waals surface area contributed by atoms with Crippen LogP contribution in [0.2, 0.25) is 0 Å². The zero-order chi connectivity index (χ0) is 20.5. The fourth-order valence-electron chi connectivity index (χ4n) is 4.55. The number of hydrogen-bond donors (Lipinski definition) is 1. The molecule has 0 unspecified atom stereocenters. The monoisotopic (exact) mass is 394 g/mol. The summed E-state index contributed by atoms with van der Waals surface area (Å²) in [4.78, 5) is 15.4. The van der Waals surface area contributed by atoms with Crippen LogP contribution in [0.25, 0.3) is 11.0 Å². The van der Waals surface area contributed by atoms with Gasteiger partial charge in [-0.15, -0.1) is 0 Å². The summed E-state index contributed by atoms with van der Waals surface area (Å²) in [6, 6.07) is 8.18. The summed E-state index contributed by atoms with van der Waals surface area (Å²) >= 11 is 0. The van der Waals surface area contributed by atoms with Crippen LogP contribution in [0.4, 0.5) is 0 Å². The first-order chi connectivity index (χ1) is 13.9. The summed E-state index contributed by atoms with van der Waals surface area (Å²) in [6.45, 7) is 10.6. The molecule has 1 amide bonds. The maximum atomic E-state index is 13.0. The highest BCUT2D eigenvalue weighted by atomic mass is 16.3. The maximum absolute atomic E-state index is 13.0. The number of nitrogens with one attached hydrogen (secondary N) is 1. The quantitative estimate of drug-likeness (QED) is 0.645. The highest BCUT2D eigenvalue weighted by Gasteiger charge is 2.27. The van der Waals surface area contributed by atoms with Crippen molar-refractivity contribution in [2.75, 3.05) is 19.6 Å². The fraction of sp³-hybridized carbons (Fsp3) is 0.458. The average molecular weight is 395 g/mol. The normalized spacial score (nSPS) is 16.3. The lowest BCUT2D eigenvalue weighted by Crippen LogP contribution is -2.40. The third-order valence-electron chi connectivity index (χ3n) is 5.95. The van der Waals surface area contributed by atoms with Gasteiger partial charge in [0.25, 0.3) is 5.91 Å². The fourth-order valence-corrected chi connectivity index (χ4v) is 4.55. The standard InChI is InChI=1S/C24H30N2O3/c1-15-12-16(2)22-18(4)23(29-21(22)13-15)24(27)25-14-19(20-9-8-17(3)28-20)26-10-6-5-7-11-26/h8-9,12-13,19H,5-7,10-11,14H2,1-4H3,(H,25,27)/t19-/m0/s1. The van der Waals surface area contributed by atoms with Gasteiger partial charge in [-0.1, -0.05) is 12.5 Å². The van der Waals surface area contributed by atoms with Gasteiger partial charge in [0.2, 0.25) is 0 Å². The van der Waals surface area contributed by atoms with E-state index in [4.69, 9.17) is 8.83 Å². The molecule has 0 aliphatic carbocycles. The number of piperidine rings is 1. The molecule has 1 aliphatic rings. The first-order valence-electron chi connectivity index (χ1n) is 10.5. The van der Waals surface area contributed by atoms with E-state index in [0.29, 0.717) is 12.3 Å². The van der Waals surface area contributed by atoms with Gasteiger partial charge in [-0.05, 0) is 83.0 Å². The van der Waals surface area contributed by atoms with Crippen LogP contribution in [0.3, 0.4) is 0 Å². The second-order valence-electron chi connectivity index (χ2n) is 8.28. The number of carbonyl (C=O) groups excluding carboxylic acids is 1. The summed E-state index contributed by atoms with van der Waals surface area (Å²) in [5, 5.41) is 4.14. The van der Waals surface area contributed by atoms with E-state index in [1.165, 1.54) is 19.3 Å². The first kappa shape index (κ1) is 19.8. The number of amides is 1. The number of fused-ring (bicyclic) bond motifs is 1. The number of likely N-dealkylation sites (tertiary alicyclic amines) is 1. The smallest absolute Gasteiger partial charge is 0.287 e. The van der Waals surface area contributed by atoms with E-state index in [1.807, 2.05) is 39.0 Å². The van der Waals surface area contributed by atoms with E-state index in [-0.39, 0.29) is 11.9 Å². The number of furan rings is 2. The summed E-state index contributed by atoms with van der Waals surface area (Å²) in [7, 11) is 0. The molecule has 0 spiro atoms. The molecule has 1 saturated heterocycles. The molecular weight excluding hydrogens is 364 g/mol. The second-order valence-corrected chi connectivity index (χ2v) is 8.28. The summed E-state index contributed by atoms with van der Waals surface area (Å²) in [5.41, 5.74) is 3.95. The highest BCUT2D eigenvalue weighted by molar-refractivity contribution is 6.00. The minimum absolute atomic E-state index is 0.0432. The Labute approximate surface area is 172 Å². The average Bonchev–Trinajstić information content (AvgIpc) is 3.26. The van der Waals surface area contributed by atoms with Crippen molar-refractivity contribution in [2.24, 2.45) is 0 Å². The van der Waals surface area contributed by atoms with Crippen molar-refractivity contribution in [1.82, 2.24) is 10.2 Å². The van der Waals surface area contributed by atoms with Crippen LogP contribution < -0.4 is 5.32 Å². The Morgan fingerprint density at radius 2 is 1.83 bits per heavy atom. The van der Waals surface area contributed by atoms with Crippen LogP contribution in [-0.4, -0.2) is 30.4 Å². The number of benzene rings is 1. The van der Waals surface area contributed by atoms with Crippen molar-refractivity contribution in [2.45, 2.75) is 53.0 Å². The third-order valence-corrected chi connectivity index (χ3v) is 5.95. The Morgan fingerprint density at radius 3 is 2.52 bits per heavy atom. The Kier molecular flexibility index (Phi) is 5.50. The Morgan fingerprint density at radius 1 is 1.07 bits per heavy atom. The van der Waals surface area contributed by atoms with E-state index >= 15 is 0 Å². The predicted octanol–water partition coefficient (Wildman–Crippen LogP) is 5.22. The molecule has 1 atom stereocenters. The van der Waals surface area contributed by atoms with Crippen molar-refractivity contribution in [3.05, 3.63) is 58.2 Å². The molecule has 1 fully saturated rings. The lowest BCUT2D eigenvalue weighted by Gasteiger charge is -2.33. The van der Waals surface area contributed by atoms with Gasteiger partial charge < -0.3 is 14.2 Å². The SMILES string of the molecule is Cc1cc(C)c2c(C)c(C(=O)NC[C@@H](c3ccc(C)o3)N3CCCCC3)oc2c1. The highest BCUT2D eigenvalue weighted by Crippen LogP contribution is 2.30. The minimum Gasteiger partial charge on any atom is -0.465 e. The van der Waals surface area contributed by atoms with Gasteiger partial charge in [0.1, 0.15) is 17.1 Å². The minimum atomic E-state index is -0.166. The largest absolute Gasteiger partial charge is 0.465 e. The molecule has 0 radical (unpaired) electrons. The van der Waals surface area contributed by atoms with Crippen LogP contribution in [-0.2, 0) is 0 Å². The molecule has 1 N–H and O–H groups in total. The summed E-state index contributed by atoms with van der Waals surface area (Å²) in [5.74, 6) is 2.05. The number of carbonyl (C=O) groups is 1. The Bertz CT molecular complexity index is 1020. The van der Waals surface area contributed by atoms with E-state index in [2.05, 4.69) is 23.2 Å². The third kappa shape index (κ3) is 3.97. The zero-order valence-corrected chi connectivity index (χ0v) is 17.8. The Hall–Kier alpha value is -2.53. The predicted molar refractivity (Wildman–Crippen MR) is 114 cm³/mol. The summed E-state index contributed by atoms with van der Waals surface area (Å²) in [6.07, 6.45) is 3.64. The van der Waals surface area contributed by atoms with Crippen LogP contribution >= 0.6 is 0 Å². The van der Waals surface area contributed by atoms with E-state index in [9.17, 15) is 4.79 Å². The topological polar surface area (TPSA) is 58.6 Å². The zero-order valence-electron chi connectivity index (χ0n) is 17.8. The molecule has 29 heavy (non-hydrogen) atoms. The van der Waals surface area contributed by atoms with Crippen molar-refractivity contribution in [3.63, 3.8) is 0 Å². The molecular formula is C24H30N2O3. The molecule has 3 aromatic rings. The van der Waals surface area contributed by atoms with Crippen molar-refractivity contribution in [1.29, 1.82) is 0 Å². The summed E-state index contributed by atoms with van der Waals surface area (Å²) < 4.78 is 11.9. The molecule has 5 heteroatoms. The maximum Gasteiger partial charge on any atom is 0.287 e. The Balaban J connectivity index is 1.56. The van der Waals surface area contributed by atoms with Crippen LogP contribution in [0.1, 0.15) is 64.1 Å². The second kappa shape index (κ2) is 8.07. The van der Waals surface area contributed by atoms with Crippen molar-refractivity contribution < 1.29 is 13.6 Å². The van der Waals surface area contributed by atoms with Crippen molar-refractivity contribution >= 4 is 16.9 Å². The van der Waals surface area contributed by atoms with Gasteiger partial charge in [0, 0.05) is 17.5 Å². The van der Waals surface area contributed by atoms with Crippen molar-refractivity contribution in [3.8, 4) is 0 Å². The molecule has 1 aliphatic heterocycles. The van der Waals surface area contributed by atoms with Gasteiger partial charge in [0.05, 0.1) is 6.04 Å². The number of hydrogen-bond acceptors (Lipinski definition) is 4. The van der Waals surface area contributed by atoms with E-state index in [0.717, 1.165) is 52.3 Å². The van der Waals surface area contributed by atoms with Gasteiger partial charge in [-0.25, -0.2) is 0 Å². The van der Waals surface area contributed by atoms with Crippen LogP contribution in [0.15, 0.2) is 33.1 Å². The molecule has 3 heterocycles. The van der Waals surface area contributed by atoms with Gasteiger partial charge in [-0.3, -0.25) is 9.69 Å². The molecule has 0 saturated carbocycles. The number of aryl methyl sites for hydroxylation is 4. The van der Waals surface area contributed by atoms with E-state index < -0.39 is 0 Å². The van der Waals surface area contributed by atoms with Gasteiger partial charge in [-0.2, -0.15) is 0 Å². The van der Waals surface area contributed by atoms with Crippen LogP contribution in [0, 0.1) is 27.7 Å². The lowest BCUT2D eigenvalue weighted by atomic mass is 10.0. The molecule has 1 aromatic carbocycles. The van der Waals surface area contributed by atoms with E-state index in [1.54, 1.807) is 0 Å². The molecule has 5 nitrogen and oxygen atoms in total. The van der Waals surface area contributed by atoms with Gasteiger partial charge in [0.15, 0.2) is 5.76 Å². The number of nitrogens with zero attached hydrogens (tertiary/aromatic N) is 1. The lowest BCUT2D eigenvalue weighted by molar-refractivity contribution is 0.0888. The molecule has 154 valence electrons. The first-order valence-corrected chi connectivity index (χ1v) is 10.5. The molecule has 4 rings (SSSR count). The van der Waals surface area contributed by atoms with Gasteiger partial charge >= 0.3 is 0 Å². The number of rotatable bonds is 5. The molecule has 2 aromatic heterocycles. The van der Waals surface area contributed by atoms with Crippen LogP contribution in [0.5, 0.6) is 0 Å². The molecule has 0 bridgehead atoms.